The molecule has 0 aliphatic rings. The first-order valence-corrected chi connectivity index (χ1v) is 4.55. The largest absolute Gasteiger partial charge is 0.508 e. The fourth-order valence-electron chi connectivity index (χ4n) is 0.428. The number of phenols is 1. The number of hydrogen-bond donors (Lipinski definition) is 3. The molecule has 0 atom stereocenters. The fourth-order valence-corrected chi connectivity index (χ4v) is 0.428. The predicted molar refractivity (Wildman–Crippen MR) is 45.4 cm³/mol. The Morgan fingerprint density at radius 3 is 1.58 bits per heavy atom. The van der Waals surface area contributed by atoms with Gasteiger partial charge < -0.3 is 5.11 Å². The molecule has 0 amide bonds. The average Bonchev–Trinajstić information content (AvgIpc) is 1.85. The van der Waals surface area contributed by atoms with E-state index in [2.05, 4.69) is 10.3 Å². The summed E-state index contributed by atoms with van der Waals surface area (Å²) in [6.07, 6.45) is 0. The first kappa shape index (κ1) is 10.9. The van der Waals surface area contributed by atoms with E-state index in [4.69, 9.17) is 5.11 Å². The van der Waals surface area contributed by atoms with Crippen LogP contribution in [0.1, 0.15) is 0 Å². The maximum atomic E-state index is 9.19. The molecular weight excluding hydrogens is 180 g/mol. The van der Waals surface area contributed by atoms with Crippen molar-refractivity contribution in [1.82, 2.24) is 0 Å². The maximum absolute atomic E-state index is 9.19. The Labute approximate surface area is 70.8 Å². The lowest BCUT2D eigenvalue weighted by Gasteiger charge is -1.82. The smallest absolute Gasteiger partial charge is 0.271 e. The molecule has 5 N–H and O–H groups in total. The van der Waals surface area contributed by atoms with Gasteiger partial charge in [-0.25, -0.2) is 10.3 Å². The number of nitrogens with two attached hydrogens (primary N) is 2. The lowest BCUT2D eigenvalue weighted by molar-refractivity contribution is 0.475. The topological polar surface area (TPSA) is 106 Å². The van der Waals surface area contributed by atoms with Gasteiger partial charge in [0.05, 0.1) is 0 Å². The van der Waals surface area contributed by atoms with Gasteiger partial charge in [0, 0.05) is 0 Å². The Hall–Kier alpha value is -1.11. The molecule has 0 saturated heterocycles. The van der Waals surface area contributed by atoms with Crippen molar-refractivity contribution in [3.05, 3.63) is 30.3 Å². The number of benzene rings is 1. The first-order chi connectivity index (χ1) is 5.39. The summed E-state index contributed by atoms with van der Waals surface area (Å²) in [4.78, 5) is 0. The third-order valence-electron chi connectivity index (χ3n) is 0.756. The van der Waals surface area contributed by atoms with E-state index in [9.17, 15) is 8.42 Å². The summed E-state index contributed by atoms with van der Waals surface area (Å²) < 4.78 is 18.4. The number of phenolic OH excluding ortho intramolecular Hbond substituents is 1. The molecule has 0 heterocycles. The zero-order valence-corrected chi connectivity index (χ0v) is 7.03. The van der Waals surface area contributed by atoms with E-state index < -0.39 is 10.2 Å². The van der Waals surface area contributed by atoms with Crippen molar-refractivity contribution >= 4 is 10.2 Å². The summed E-state index contributed by atoms with van der Waals surface area (Å²) in [6.45, 7) is 0. The van der Waals surface area contributed by atoms with Gasteiger partial charge in [0.2, 0.25) is 0 Å². The highest BCUT2D eigenvalue weighted by Gasteiger charge is 1.78. The predicted octanol–water partition coefficient (Wildman–Crippen LogP) is -0.459. The first-order valence-electron chi connectivity index (χ1n) is 2.94. The van der Waals surface area contributed by atoms with E-state index in [-0.39, 0.29) is 0 Å². The normalized spacial score (nSPS) is 9.83. The van der Waals surface area contributed by atoms with Crippen LogP contribution in [0.2, 0.25) is 0 Å². The highest BCUT2D eigenvalue weighted by molar-refractivity contribution is 7.86. The van der Waals surface area contributed by atoms with Gasteiger partial charge in [-0.2, -0.15) is 8.42 Å². The quantitative estimate of drug-likeness (QED) is 0.515. The molecule has 1 aromatic carbocycles. The lowest BCUT2D eigenvalue weighted by atomic mass is 10.3. The fraction of sp³-hybridized carbons (Fsp3) is 0. The molecule has 68 valence electrons. The van der Waals surface area contributed by atoms with Crippen molar-refractivity contribution in [2.24, 2.45) is 10.3 Å². The van der Waals surface area contributed by atoms with Gasteiger partial charge in [0.25, 0.3) is 10.2 Å². The van der Waals surface area contributed by atoms with Gasteiger partial charge in [-0.15, -0.1) is 0 Å². The Balaban J connectivity index is 0.000000217. The number of hydrogen-bond acceptors (Lipinski definition) is 3. The third kappa shape index (κ3) is 11.7. The minimum atomic E-state index is -3.67. The molecule has 0 unspecified atom stereocenters. The van der Waals surface area contributed by atoms with E-state index in [0.717, 1.165) is 0 Å². The second-order valence-electron chi connectivity index (χ2n) is 1.92. The van der Waals surface area contributed by atoms with Crippen LogP contribution in [0.4, 0.5) is 0 Å². The van der Waals surface area contributed by atoms with Crippen LogP contribution in [0.5, 0.6) is 5.75 Å². The number of para-hydroxylation sites is 1. The van der Waals surface area contributed by atoms with E-state index in [1.807, 2.05) is 6.07 Å². The Kier molecular flexibility index (Phi) is 4.27. The highest BCUT2D eigenvalue weighted by Crippen LogP contribution is 2.02. The Morgan fingerprint density at radius 1 is 1.08 bits per heavy atom. The van der Waals surface area contributed by atoms with Gasteiger partial charge in [0.15, 0.2) is 0 Å². The van der Waals surface area contributed by atoms with Crippen LogP contribution >= 0.6 is 0 Å². The number of aromatic hydroxyl groups is 1. The molecule has 0 aromatic heterocycles. The van der Waals surface area contributed by atoms with Crippen LogP contribution in [0.3, 0.4) is 0 Å². The van der Waals surface area contributed by atoms with E-state index >= 15 is 0 Å². The standard InChI is InChI=1S/C6H6O.H4N2O2S/c7-6-4-2-1-3-5-6;1-5(2,3)4/h1-5,7H;(H4,1,2,3,4). The molecule has 0 saturated carbocycles. The monoisotopic (exact) mass is 190 g/mol. The summed E-state index contributed by atoms with van der Waals surface area (Å²) in [7, 11) is -3.67. The third-order valence-corrected chi connectivity index (χ3v) is 0.756. The van der Waals surface area contributed by atoms with Crippen LogP contribution in [-0.2, 0) is 10.2 Å². The Morgan fingerprint density at radius 2 is 1.42 bits per heavy atom. The highest BCUT2D eigenvalue weighted by atomic mass is 32.2. The van der Waals surface area contributed by atoms with Crippen LogP contribution in [0.15, 0.2) is 30.3 Å². The summed E-state index contributed by atoms with van der Waals surface area (Å²) in [5, 5.41) is 16.8. The summed E-state index contributed by atoms with van der Waals surface area (Å²) in [6, 6.07) is 8.71. The van der Waals surface area contributed by atoms with Crippen LogP contribution in [0, 0.1) is 0 Å². The zero-order chi connectivity index (χ0) is 9.61. The molecule has 0 aliphatic carbocycles. The van der Waals surface area contributed by atoms with Gasteiger partial charge in [0.1, 0.15) is 5.75 Å². The van der Waals surface area contributed by atoms with E-state index in [1.165, 1.54) is 0 Å². The minimum Gasteiger partial charge on any atom is -0.508 e. The van der Waals surface area contributed by atoms with Crippen LogP contribution < -0.4 is 10.3 Å². The van der Waals surface area contributed by atoms with Crippen molar-refractivity contribution in [3.8, 4) is 5.75 Å². The molecule has 0 fully saturated rings. The molecule has 1 aromatic rings. The van der Waals surface area contributed by atoms with Crippen molar-refractivity contribution in [2.75, 3.05) is 0 Å². The molecular formula is C6H10N2O3S. The molecule has 0 aliphatic heterocycles. The van der Waals surface area contributed by atoms with Gasteiger partial charge in [-0.05, 0) is 12.1 Å². The molecule has 12 heavy (non-hydrogen) atoms. The van der Waals surface area contributed by atoms with Crippen LogP contribution in [0.25, 0.3) is 0 Å². The summed E-state index contributed by atoms with van der Waals surface area (Å²) >= 11 is 0. The average molecular weight is 190 g/mol. The van der Waals surface area contributed by atoms with Gasteiger partial charge in [-0.3, -0.25) is 0 Å². The van der Waals surface area contributed by atoms with Crippen LogP contribution in [-0.4, -0.2) is 13.5 Å². The van der Waals surface area contributed by atoms with Gasteiger partial charge in [-0.1, -0.05) is 18.2 Å². The van der Waals surface area contributed by atoms with Crippen molar-refractivity contribution in [3.63, 3.8) is 0 Å². The summed E-state index contributed by atoms with van der Waals surface area (Å²) in [5.41, 5.74) is 0. The summed E-state index contributed by atoms with van der Waals surface area (Å²) in [5.74, 6) is 0.322. The molecule has 0 bridgehead atoms. The van der Waals surface area contributed by atoms with Crippen molar-refractivity contribution in [2.45, 2.75) is 0 Å². The molecule has 5 nitrogen and oxygen atoms in total. The second kappa shape index (κ2) is 4.70. The maximum Gasteiger partial charge on any atom is 0.271 e. The van der Waals surface area contributed by atoms with E-state index in [1.54, 1.807) is 24.3 Å². The minimum absolute atomic E-state index is 0.322. The molecule has 0 radical (unpaired) electrons. The number of rotatable bonds is 0. The molecule has 6 heteroatoms. The van der Waals surface area contributed by atoms with E-state index in [0.29, 0.717) is 5.75 Å². The zero-order valence-electron chi connectivity index (χ0n) is 6.21. The molecule has 1 rings (SSSR count). The molecule has 0 spiro atoms. The SMILES string of the molecule is NS(N)(=O)=O.Oc1ccccc1. The lowest BCUT2D eigenvalue weighted by Crippen LogP contribution is -2.21. The van der Waals surface area contributed by atoms with Gasteiger partial charge >= 0.3 is 0 Å². The Bertz CT molecular complexity index is 301. The second-order valence-corrected chi connectivity index (χ2v) is 3.10. The van der Waals surface area contributed by atoms with Crippen molar-refractivity contribution in [1.29, 1.82) is 0 Å². The van der Waals surface area contributed by atoms with Crippen molar-refractivity contribution < 1.29 is 13.5 Å².